The first-order valence-electron chi connectivity index (χ1n) is 7.83. The van der Waals surface area contributed by atoms with Crippen molar-refractivity contribution >= 4 is 29.5 Å². The Morgan fingerprint density at radius 1 is 1.28 bits per heavy atom. The lowest BCUT2D eigenvalue weighted by atomic mass is 9.96. The van der Waals surface area contributed by atoms with Crippen molar-refractivity contribution in [2.45, 2.75) is 19.0 Å². The molecule has 0 radical (unpaired) electrons. The van der Waals surface area contributed by atoms with E-state index >= 15 is 0 Å². The number of hydrogen-bond acceptors (Lipinski definition) is 2. The SMILES string of the molecule is O=C(/C=C/c1cccc(Cl)c1)NCC1CCN(C(=O)C(F)(F)F)CC1. The molecule has 1 aromatic rings. The predicted molar refractivity (Wildman–Crippen MR) is 88.9 cm³/mol. The molecule has 0 aliphatic carbocycles. The van der Waals surface area contributed by atoms with Crippen molar-refractivity contribution in [2.24, 2.45) is 5.92 Å². The first-order valence-corrected chi connectivity index (χ1v) is 8.21. The molecule has 1 fully saturated rings. The third-order valence-electron chi connectivity index (χ3n) is 3.99. The molecule has 0 spiro atoms. The number of nitrogens with zero attached hydrogens (tertiary/aromatic N) is 1. The van der Waals surface area contributed by atoms with E-state index in [4.69, 9.17) is 11.6 Å². The number of amides is 2. The lowest BCUT2D eigenvalue weighted by molar-refractivity contribution is -0.186. The zero-order chi connectivity index (χ0) is 18.4. The van der Waals surface area contributed by atoms with E-state index in [-0.39, 0.29) is 24.9 Å². The minimum atomic E-state index is -4.83. The Hall–Kier alpha value is -2.02. The van der Waals surface area contributed by atoms with Crippen LogP contribution < -0.4 is 5.32 Å². The molecule has 0 aromatic heterocycles. The number of alkyl halides is 3. The molecule has 1 heterocycles. The van der Waals surface area contributed by atoms with Gasteiger partial charge in [0.15, 0.2) is 0 Å². The normalized spacial score (nSPS) is 16.2. The van der Waals surface area contributed by atoms with Crippen LogP contribution >= 0.6 is 11.6 Å². The van der Waals surface area contributed by atoms with Gasteiger partial charge in [-0.25, -0.2) is 0 Å². The van der Waals surface area contributed by atoms with E-state index in [1.165, 1.54) is 6.08 Å². The molecule has 136 valence electrons. The number of hydrogen-bond donors (Lipinski definition) is 1. The highest BCUT2D eigenvalue weighted by Gasteiger charge is 2.43. The fraction of sp³-hybridized carbons (Fsp3) is 0.412. The van der Waals surface area contributed by atoms with E-state index in [2.05, 4.69) is 5.32 Å². The van der Waals surface area contributed by atoms with Crippen molar-refractivity contribution in [1.82, 2.24) is 10.2 Å². The zero-order valence-electron chi connectivity index (χ0n) is 13.4. The monoisotopic (exact) mass is 374 g/mol. The van der Waals surface area contributed by atoms with Crippen LogP contribution in [0.5, 0.6) is 0 Å². The van der Waals surface area contributed by atoms with Crippen molar-refractivity contribution in [3.63, 3.8) is 0 Å². The van der Waals surface area contributed by atoms with Gasteiger partial charge >= 0.3 is 12.1 Å². The second-order valence-electron chi connectivity index (χ2n) is 5.87. The molecule has 4 nitrogen and oxygen atoms in total. The van der Waals surface area contributed by atoms with Crippen LogP contribution in [-0.4, -0.2) is 42.5 Å². The summed E-state index contributed by atoms with van der Waals surface area (Å²) in [6, 6.07) is 7.03. The largest absolute Gasteiger partial charge is 0.471 e. The number of carbonyl (C=O) groups is 2. The number of carbonyl (C=O) groups excluding carboxylic acids is 2. The van der Waals surface area contributed by atoms with Crippen molar-refractivity contribution in [3.05, 3.63) is 40.9 Å². The summed E-state index contributed by atoms with van der Waals surface area (Å²) >= 11 is 5.85. The van der Waals surface area contributed by atoms with Crippen LogP contribution in [0.3, 0.4) is 0 Å². The minimum Gasteiger partial charge on any atom is -0.352 e. The third kappa shape index (κ3) is 6.08. The third-order valence-corrected chi connectivity index (χ3v) is 4.22. The quantitative estimate of drug-likeness (QED) is 0.822. The van der Waals surface area contributed by atoms with Crippen LogP contribution in [0.25, 0.3) is 6.08 Å². The molecule has 1 N–H and O–H groups in total. The van der Waals surface area contributed by atoms with Gasteiger partial charge in [0.05, 0.1) is 0 Å². The van der Waals surface area contributed by atoms with Gasteiger partial charge in [0.1, 0.15) is 0 Å². The molecule has 1 saturated heterocycles. The number of piperidine rings is 1. The predicted octanol–water partition coefficient (Wildman–Crippen LogP) is 3.27. The summed E-state index contributed by atoms with van der Waals surface area (Å²) in [7, 11) is 0. The van der Waals surface area contributed by atoms with E-state index in [1.54, 1.807) is 24.3 Å². The number of benzene rings is 1. The highest BCUT2D eigenvalue weighted by molar-refractivity contribution is 6.30. The molecule has 2 rings (SSSR count). The first-order chi connectivity index (χ1) is 11.8. The van der Waals surface area contributed by atoms with Gasteiger partial charge in [-0.05, 0) is 42.5 Å². The minimum absolute atomic E-state index is 0.0528. The highest BCUT2D eigenvalue weighted by atomic mass is 35.5. The molecular formula is C17H18ClF3N2O2. The van der Waals surface area contributed by atoms with Crippen molar-refractivity contribution in [1.29, 1.82) is 0 Å². The van der Waals surface area contributed by atoms with Gasteiger partial charge in [-0.15, -0.1) is 0 Å². The molecule has 0 saturated carbocycles. The Morgan fingerprint density at radius 3 is 2.56 bits per heavy atom. The first kappa shape index (κ1) is 19.3. The topological polar surface area (TPSA) is 49.4 Å². The molecule has 0 atom stereocenters. The van der Waals surface area contributed by atoms with E-state index in [9.17, 15) is 22.8 Å². The number of rotatable bonds is 4. The van der Waals surface area contributed by atoms with Crippen LogP contribution in [0.4, 0.5) is 13.2 Å². The standard InChI is InChI=1S/C17H18ClF3N2O2/c18-14-3-1-2-12(10-14)4-5-15(24)22-11-13-6-8-23(9-7-13)16(25)17(19,20)21/h1-5,10,13H,6-9,11H2,(H,22,24)/b5-4+. The fourth-order valence-electron chi connectivity index (χ4n) is 2.61. The molecule has 8 heteroatoms. The van der Waals surface area contributed by atoms with Crippen LogP contribution in [0, 0.1) is 5.92 Å². The van der Waals surface area contributed by atoms with Crippen molar-refractivity contribution < 1.29 is 22.8 Å². The Morgan fingerprint density at radius 2 is 1.96 bits per heavy atom. The van der Waals surface area contributed by atoms with Gasteiger partial charge < -0.3 is 10.2 Å². The fourth-order valence-corrected chi connectivity index (χ4v) is 2.80. The summed E-state index contributed by atoms with van der Waals surface area (Å²) in [5.74, 6) is -2.02. The Labute approximate surface area is 148 Å². The summed E-state index contributed by atoms with van der Waals surface area (Å²) in [5.41, 5.74) is 0.793. The maximum Gasteiger partial charge on any atom is 0.471 e. The molecule has 0 bridgehead atoms. The van der Waals surface area contributed by atoms with Crippen LogP contribution in [-0.2, 0) is 9.59 Å². The summed E-state index contributed by atoms with van der Waals surface area (Å²) in [6.07, 6.45) is -0.952. The second-order valence-corrected chi connectivity index (χ2v) is 6.30. The van der Waals surface area contributed by atoms with Gasteiger partial charge in [0.2, 0.25) is 5.91 Å². The maximum atomic E-state index is 12.4. The Kier molecular flexibility index (Phi) is 6.47. The van der Waals surface area contributed by atoms with Crippen molar-refractivity contribution in [3.8, 4) is 0 Å². The molecule has 0 unspecified atom stereocenters. The Bertz CT molecular complexity index is 654. The Balaban J connectivity index is 1.74. The van der Waals surface area contributed by atoms with Gasteiger partial charge in [0, 0.05) is 30.7 Å². The van der Waals surface area contributed by atoms with Gasteiger partial charge in [-0.2, -0.15) is 13.2 Å². The number of likely N-dealkylation sites (tertiary alicyclic amines) is 1. The van der Waals surface area contributed by atoms with Crippen LogP contribution in [0.2, 0.25) is 5.02 Å². The number of nitrogens with one attached hydrogen (secondary N) is 1. The van der Waals surface area contributed by atoms with Crippen LogP contribution in [0.1, 0.15) is 18.4 Å². The summed E-state index contributed by atoms with van der Waals surface area (Å²) < 4.78 is 37.1. The van der Waals surface area contributed by atoms with E-state index < -0.39 is 12.1 Å². The second kappa shape index (κ2) is 8.38. The average Bonchev–Trinajstić information content (AvgIpc) is 2.57. The highest BCUT2D eigenvalue weighted by Crippen LogP contribution is 2.23. The van der Waals surface area contributed by atoms with Gasteiger partial charge in [-0.1, -0.05) is 23.7 Å². The van der Waals surface area contributed by atoms with Gasteiger partial charge in [-0.3, -0.25) is 9.59 Å². The van der Waals surface area contributed by atoms with E-state index in [0.29, 0.717) is 24.4 Å². The lowest BCUT2D eigenvalue weighted by Crippen LogP contribution is -2.46. The maximum absolute atomic E-state index is 12.4. The lowest BCUT2D eigenvalue weighted by Gasteiger charge is -2.32. The molecular weight excluding hydrogens is 357 g/mol. The molecule has 1 aliphatic heterocycles. The molecule has 2 amide bonds. The van der Waals surface area contributed by atoms with Gasteiger partial charge in [0.25, 0.3) is 0 Å². The average molecular weight is 375 g/mol. The smallest absolute Gasteiger partial charge is 0.352 e. The summed E-state index contributed by atoms with van der Waals surface area (Å²) in [5, 5.41) is 3.30. The van der Waals surface area contributed by atoms with E-state index in [0.717, 1.165) is 10.5 Å². The summed E-state index contributed by atoms with van der Waals surface area (Å²) in [6.45, 7) is 0.473. The molecule has 25 heavy (non-hydrogen) atoms. The molecule has 1 aromatic carbocycles. The molecule has 1 aliphatic rings. The van der Waals surface area contributed by atoms with Crippen molar-refractivity contribution in [2.75, 3.05) is 19.6 Å². The van der Waals surface area contributed by atoms with Crippen LogP contribution in [0.15, 0.2) is 30.3 Å². The summed E-state index contributed by atoms with van der Waals surface area (Å²) in [4.78, 5) is 23.8. The van der Waals surface area contributed by atoms with E-state index in [1.807, 2.05) is 6.07 Å². The zero-order valence-corrected chi connectivity index (χ0v) is 14.1. The number of halogens is 4.